The third-order valence-electron chi connectivity index (χ3n) is 3.96. The molecule has 0 heterocycles. The topological polar surface area (TPSA) is 41.1 Å². The fourth-order valence-corrected chi connectivity index (χ4v) is 2.53. The summed E-state index contributed by atoms with van der Waals surface area (Å²) in [7, 11) is 0. The van der Waals surface area contributed by atoms with Crippen LogP contribution in [0.2, 0.25) is 0 Å². The highest BCUT2D eigenvalue weighted by Gasteiger charge is 2.22. The SMILES string of the molecule is CCCCC(NCCCC(=O)NC1CC1)c1ccccc1. The predicted octanol–water partition coefficient (Wildman–Crippen LogP) is 3.57. The van der Waals surface area contributed by atoms with E-state index < -0.39 is 0 Å². The first-order valence-electron chi connectivity index (χ1n) is 8.37. The van der Waals surface area contributed by atoms with Gasteiger partial charge in [-0.3, -0.25) is 4.79 Å². The second-order valence-corrected chi connectivity index (χ2v) is 6.00. The smallest absolute Gasteiger partial charge is 0.220 e. The van der Waals surface area contributed by atoms with Crippen molar-refractivity contribution < 1.29 is 4.79 Å². The Morgan fingerprint density at radius 2 is 2.00 bits per heavy atom. The molecule has 1 atom stereocenters. The summed E-state index contributed by atoms with van der Waals surface area (Å²) < 4.78 is 0. The lowest BCUT2D eigenvalue weighted by atomic mass is 10.0. The molecule has 1 aromatic rings. The van der Waals surface area contributed by atoms with Gasteiger partial charge in [0.2, 0.25) is 5.91 Å². The lowest BCUT2D eigenvalue weighted by molar-refractivity contribution is -0.121. The molecular formula is C18H28N2O. The maximum absolute atomic E-state index is 11.6. The Morgan fingerprint density at radius 3 is 2.67 bits per heavy atom. The van der Waals surface area contributed by atoms with Crippen molar-refractivity contribution in [3.63, 3.8) is 0 Å². The normalized spacial score (nSPS) is 15.7. The highest BCUT2D eigenvalue weighted by Crippen LogP contribution is 2.20. The van der Waals surface area contributed by atoms with Gasteiger partial charge in [-0.15, -0.1) is 0 Å². The molecule has 0 aromatic heterocycles. The lowest BCUT2D eigenvalue weighted by Crippen LogP contribution is -2.27. The Bertz CT molecular complexity index is 414. The minimum atomic E-state index is 0.212. The molecule has 1 aromatic carbocycles. The van der Waals surface area contributed by atoms with E-state index in [1.807, 2.05) is 0 Å². The number of rotatable bonds is 10. The van der Waals surface area contributed by atoms with E-state index in [1.165, 1.54) is 18.4 Å². The van der Waals surface area contributed by atoms with E-state index in [4.69, 9.17) is 0 Å². The molecule has 2 N–H and O–H groups in total. The van der Waals surface area contributed by atoms with Crippen LogP contribution >= 0.6 is 0 Å². The van der Waals surface area contributed by atoms with Gasteiger partial charge in [-0.2, -0.15) is 0 Å². The molecule has 1 saturated carbocycles. The molecule has 116 valence electrons. The van der Waals surface area contributed by atoms with Crippen molar-refractivity contribution in [2.75, 3.05) is 6.54 Å². The monoisotopic (exact) mass is 288 g/mol. The Hall–Kier alpha value is -1.35. The molecule has 0 spiro atoms. The van der Waals surface area contributed by atoms with Crippen LogP contribution in [-0.2, 0) is 4.79 Å². The van der Waals surface area contributed by atoms with Gasteiger partial charge in [-0.25, -0.2) is 0 Å². The van der Waals surface area contributed by atoms with Gasteiger partial charge >= 0.3 is 0 Å². The van der Waals surface area contributed by atoms with Crippen molar-refractivity contribution >= 4 is 5.91 Å². The highest BCUT2D eigenvalue weighted by molar-refractivity contribution is 5.76. The quantitative estimate of drug-likeness (QED) is 0.646. The Morgan fingerprint density at radius 1 is 1.24 bits per heavy atom. The van der Waals surface area contributed by atoms with Gasteiger partial charge in [0.25, 0.3) is 0 Å². The van der Waals surface area contributed by atoms with E-state index in [0.29, 0.717) is 18.5 Å². The number of hydrogen-bond donors (Lipinski definition) is 2. The first-order valence-corrected chi connectivity index (χ1v) is 8.37. The minimum absolute atomic E-state index is 0.212. The van der Waals surface area contributed by atoms with Crippen molar-refractivity contribution in [1.82, 2.24) is 10.6 Å². The lowest BCUT2D eigenvalue weighted by Gasteiger charge is -2.19. The summed E-state index contributed by atoms with van der Waals surface area (Å²) in [6, 6.07) is 11.5. The number of benzene rings is 1. The molecule has 1 fully saturated rings. The molecule has 1 aliphatic rings. The predicted molar refractivity (Wildman–Crippen MR) is 87.1 cm³/mol. The van der Waals surface area contributed by atoms with Crippen LogP contribution in [0, 0.1) is 0 Å². The van der Waals surface area contributed by atoms with Crippen LogP contribution in [-0.4, -0.2) is 18.5 Å². The van der Waals surface area contributed by atoms with Gasteiger partial charge in [0.05, 0.1) is 0 Å². The maximum atomic E-state index is 11.6. The van der Waals surface area contributed by atoms with Gasteiger partial charge in [-0.05, 0) is 37.8 Å². The van der Waals surface area contributed by atoms with Crippen LogP contribution in [0.5, 0.6) is 0 Å². The molecule has 1 amide bonds. The molecular weight excluding hydrogens is 260 g/mol. The number of nitrogens with one attached hydrogen (secondary N) is 2. The fourth-order valence-electron chi connectivity index (χ4n) is 2.53. The third kappa shape index (κ3) is 6.30. The van der Waals surface area contributed by atoms with Crippen molar-refractivity contribution in [2.24, 2.45) is 0 Å². The molecule has 3 nitrogen and oxygen atoms in total. The molecule has 3 heteroatoms. The van der Waals surface area contributed by atoms with E-state index >= 15 is 0 Å². The molecule has 0 radical (unpaired) electrons. The van der Waals surface area contributed by atoms with Crippen LogP contribution in [0.3, 0.4) is 0 Å². The Kier molecular flexibility index (Phi) is 6.74. The minimum Gasteiger partial charge on any atom is -0.353 e. The zero-order valence-corrected chi connectivity index (χ0v) is 13.1. The van der Waals surface area contributed by atoms with Crippen LogP contribution in [0.1, 0.15) is 63.5 Å². The van der Waals surface area contributed by atoms with Crippen molar-refractivity contribution in [3.05, 3.63) is 35.9 Å². The number of unbranched alkanes of at least 4 members (excludes halogenated alkanes) is 1. The van der Waals surface area contributed by atoms with E-state index in [2.05, 4.69) is 47.9 Å². The van der Waals surface area contributed by atoms with Gasteiger partial charge in [0.15, 0.2) is 0 Å². The third-order valence-corrected chi connectivity index (χ3v) is 3.96. The summed E-state index contributed by atoms with van der Waals surface area (Å²) in [5.74, 6) is 0.212. The summed E-state index contributed by atoms with van der Waals surface area (Å²) in [4.78, 5) is 11.6. The van der Waals surface area contributed by atoms with Crippen LogP contribution < -0.4 is 10.6 Å². The van der Waals surface area contributed by atoms with Crippen molar-refractivity contribution in [2.45, 2.75) is 64.0 Å². The molecule has 0 bridgehead atoms. The average Bonchev–Trinajstić information content (AvgIpc) is 3.31. The van der Waals surface area contributed by atoms with E-state index in [-0.39, 0.29) is 5.91 Å². The average molecular weight is 288 g/mol. The molecule has 1 aliphatic carbocycles. The molecule has 0 saturated heterocycles. The summed E-state index contributed by atoms with van der Waals surface area (Å²) in [6.45, 7) is 3.13. The zero-order valence-electron chi connectivity index (χ0n) is 13.1. The maximum Gasteiger partial charge on any atom is 0.220 e. The number of carbonyl (C=O) groups excluding carboxylic acids is 1. The zero-order chi connectivity index (χ0) is 14.9. The van der Waals surface area contributed by atoms with Gasteiger partial charge in [0, 0.05) is 18.5 Å². The number of hydrogen-bond acceptors (Lipinski definition) is 2. The summed E-state index contributed by atoms with van der Waals surface area (Å²) >= 11 is 0. The first-order chi connectivity index (χ1) is 10.3. The van der Waals surface area contributed by atoms with Gasteiger partial charge in [-0.1, -0.05) is 50.1 Å². The standard InChI is InChI=1S/C18H28N2O/c1-2-3-10-17(15-8-5-4-6-9-15)19-14-7-11-18(21)20-16-12-13-16/h4-6,8-9,16-17,19H,2-3,7,10-14H2,1H3,(H,20,21). The van der Waals surface area contributed by atoms with Gasteiger partial charge in [0.1, 0.15) is 0 Å². The Balaban J connectivity index is 1.69. The number of carbonyl (C=O) groups is 1. The Labute approximate surface area is 128 Å². The fraction of sp³-hybridized carbons (Fsp3) is 0.611. The van der Waals surface area contributed by atoms with Crippen LogP contribution in [0.4, 0.5) is 0 Å². The molecule has 2 rings (SSSR count). The van der Waals surface area contributed by atoms with Gasteiger partial charge < -0.3 is 10.6 Å². The first kappa shape index (κ1) is 16.0. The van der Waals surface area contributed by atoms with Crippen LogP contribution in [0.15, 0.2) is 30.3 Å². The van der Waals surface area contributed by atoms with E-state index in [1.54, 1.807) is 0 Å². The molecule has 0 aliphatic heterocycles. The highest BCUT2D eigenvalue weighted by atomic mass is 16.1. The summed E-state index contributed by atoms with van der Waals surface area (Å²) in [5, 5.41) is 6.66. The molecule has 21 heavy (non-hydrogen) atoms. The summed E-state index contributed by atoms with van der Waals surface area (Å²) in [6.07, 6.45) is 7.49. The van der Waals surface area contributed by atoms with Crippen molar-refractivity contribution in [3.8, 4) is 0 Å². The molecule has 1 unspecified atom stereocenters. The van der Waals surface area contributed by atoms with Crippen LogP contribution in [0.25, 0.3) is 0 Å². The van der Waals surface area contributed by atoms with E-state index in [0.717, 1.165) is 32.2 Å². The number of amides is 1. The van der Waals surface area contributed by atoms with E-state index in [9.17, 15) is 4.79 Å². The second kappa shape index (κ2) is 8.83. The largest absolute Gasteiger partial charge is 0.353 e. The van der Waals surface area contributed by atoms with Crippen molar-refractivity contribution in [1.29, 1.82) is 0 Å². The second-order valence-electron chi connectivity index (χ2n) is 6.00. The summed E-state index contributed by atoms with van der Waals surface area (Å²) in [5.41, 5.74) is 1.35.